The van der Waals surface area contributed by atoms with E-state index >= 15 is 0 Å². The molecule has 116 valence electrons. The molecule has 0 saturated heterocycles. The molecule has 1 aliphatic rings. The van der Waals surface area contributed by atoms with Gasteiger partial charge in [0.2, 0.25) is 0 Å². The van der Waals surface area contributed by atoms with E-state index in [2.05, 4.69) is 10.4 Å². The highest BCUT2D eigenvalue weighted by Crippen LogP contribution is 2.19. The average Bonchev–Trinajstić information content (AvgIpc) is 2.99. The predicted molar refractivity (Wildman–Crippen MR) is 84.0 cm³/mol. The summed E-state index contributed by atoms with van der Waals surface area (Å²) in [6.45, 7) is 2.88. The van der Waals surface area contributed by atoms with E-state index in [1.54, 1.807) is 7.11 Å². The Morgan fingerprint density at radius 1 is 1.32 bits per heavy atom. The van der Waals surface area contributed by atoms with E-state index < -0.39 is 0 Å². The SMILES string of the molecule is COc1ccc(C(C)NC(=O)c2cc3n(n2)CCCC3)cc1. The number of carbonyl (C=O) groups excluding carboxylic acids is 1. The molecule has 0 spiro atoms. The first kappa shape index (κ1) is 14.6. The van der Waals surface area contributed by atoms with Gasteiger partial charge in [-0.3, -0.25) is 9.48 Å². The standard InChI is InChI=1S/C17H21N3O2/c1-12(13-6-8-15(22-2)9-7-13)18-17(21)16-11-14-5-3-4-10-20(14)19-16/h6-9,11-12H,3-5,10H2,1-2H3,(H,18,21). The molecule has 0 fully saturated rings. The van der Waals surface area contributed by atoms with Gasteiger partial charge in [-0.15, -0.1) is 0 Å². The summed E-state index contributed by atoms with van der Waals surface area (Å²) in [6.07, 6.45) is 3.32. The van der Waals surface area contributed by atoms with Crippen LogP contribution < -0.4 is 10.1 Å². The molecule has 0 aliphatic carbocycles. The number of methoxy groups -OCH3 is 1. The highest BCUT2D eigenvalue weighted by Gasteiger charge is 2.18. The van der Waals surface area contributed by atoms with Gasteiger partial charge in [0, 0.05) is 12.2 Å². The third-order valence-electron chi connectivity index (χ3n) is 4.11. The van der Waals surface area contributed by atoms with E-state index in [1.807, 2.05) is 41.9 Å². The molecule has 1 aliphatic heterocycles. The van der Waals surface area contributed by atoms with Crippen LogP contribution in [0.5, 0.6) is 5.75 Å². The van der Waals surface area contributed by atoms with Crippen LogP contribution in [0.2, 0.25) is 0 Å². The van der Waals surface area contributed by atoms with Crippen LogP contribution in [0.3, 0.4) is 0 Å². The Kier molecular flexibility index (Phi) is 4.13. The van der Waals surface area contributed by atoms with Gasteiger partial charge >= 0.3 is 0 Å². The molecule has 1 aromatic carbocycles. The number of carbonyl (C=O) groups is 1. The van der Waals surface area contributed by atoms with Crippen molar-refractivity contribution in [1.29, 1.82) is 0 Å². The molecular formula is C17H21N3O2. The van der Waals surface area contributed by atoms with Crippen molar-refractivity contribution in [3.8, 4) is 5.75 Å². The Balaban J connectivity index is 1.68. The van der Waals surface area contributed by atoms with E-state index in [0.717, 1.165) is 36.4 Å². The summed E-state index contributed by atoms with van der Waals surface area (Å²) >= 11 is 0. The monoisotopic (exact) mass is 299 g/mol. The van der Waals surface area contributed by atoms with Gasteiger partial charge < -0.3 is 10.1 Å². The van der Waals surface area contributed by atoms with E-state index in [-0.39, 0.29) is 11.9 Å². The number of hydrogen-bond donors (Lipinski definition) is 1. The lowest BCUT2D eigenvalue weighted by Gasteiger charge is -2.14. The number of hydrogen-bond acceptors (Lipinski definition) is 3. The van der Waals surface area contributed by atoms with Gasteiger partial charge in [-0.05, 0) is 49.9 Å². The third kappa shape index (κ3) is 2.98. The molecule has 2 heterocycles. The molecule has 1 atom stereocenters. The van der Waals surface area contributed by atoms with Crippen molar-refractivity contribution >= 4 is 5.91 Å². The topological polar surface area (TPSA) is 56.1 Å². The molecule has 1 N–H and O–H groups in total. The molecule has 1 unspecified atom stereocenters. The molecule has 5 nitrogen and oxygen atoms in total. The van der Waals surface area contributed by atoms with E-state index in [1.165, 1.54) is 6.42 Å². The molecule has 3 rings (SSSR count). The Hall–Kier alpha value is -2.30. The number of fused-ring (bicyclic) bond motifs is 1. The molecule has 1 amide bonds. The van der Waals surface area contributed by atoms with Crippen molar-refractivity contribution in [3.05, 3.63) is 47.3 Å². The summed E-state index contributed by atoms with van der Waals surface area (Å²) < 4.78 is 7.10. The molecule has 1 aromatic heterocycles. The lowest BCUT2D eigenvalue weighted by molar-refractivity contribution is 0.0934. The van der Waals surface area contributed by atoms with Crippen LogP contribution in [0.15, 0.2) is 30.3 Å². The van der Waals surface area contributed by atoms with Crippen LogP contribution >= 0.6 is 0 Å². The smallest absolute Gasteiger partial charge is 0.272 e. The summed E-state index contributed by atoms with van der Waals surface area (Å²) in [4.78, 5) is 12.4. The van der Waals surface area contributed by atoms with Gasteiger partial charge in [-0.25, -0.2) is 0 Å². The Morgan fingerprint density at radius 3 is 2.77 bits per heavy atom. The number of aromatic nitrogens is 2. The fourth-order valence-corrected chi connectivity index (χ4v) is 2.78. The second kappa shape index (κ2) is 6.22. The van der Waals surface area contributed by atoms with Gasteiger partial charge in [0.25, 0.3) is 5.91 Å². The summed E-state index contributed by atoms with van der Waals surface area (Å²) in [5.41, 5.74) is 2.71. The first-order chi connectivity index (χ1) is 10.7. The van der Waals surface area contributed by atoms with Crippen molar-refractivity contribution in [2.24, 2.45) is 0 Å². The normalized spacial score (nSPS) is 15.0. The summed E-state index contributed by atoms with van der Waals surface area (Å²) in [5.74, 6) is 0.689. The summed E-state index contributed by atoms with van der Waals surface area (Å²) in [6, 6.07) is 9.55. The molecular weight excluding hydrogens is 278 g/mol. The van der Waals surface area contributed by atoms with Gasteiger partial charge in [0.1, 0.15) is 11.4 Å². The Morgan fingerprint density at radius 2 is 2.09 bits per heavy atom. The predicted octanol–water partition coefficient (Wildman–Crippen LogP) is 2.72. The summed E-state index contributed by atoms with van der Waals surface area (Å²) in [5, 5.41) is 7.41. The van der Waals surface area contributed by atoms with Crippen molar-refractivity contribution in [3.63, 3.8) is 0 Å². The van der Waals surface area contributed by atoms with Crippen LogP contribution in [0, 0.1) is 0 Å². The number of benzene rings is 1. The van der Waals surface area contributed by atoms with Gasteiger partial charge in [-0.1, -0.05) is 12.1 Å². The fourth-order valence-electron chi connectivity index (χ4n) is 2.78. The Bertz CT molecular complexity index is 638. The van der Waals surface area contributed by atoms with Crippen molar-refractivity contribution in [2.75, 3.05) is 7.11 Å². The van der Waals surface area contributed by atoms with Crippen LogP contribution in [0.25, 0.3) is 0 Å². The molecule has 0 bridgehead atoms. The van der Waals surface area contributed by atoms with Crippen LogP contribution in [0.1, 0.15) is 47.6 Å². The zero-order valence-corrected chi connectivity index (χ0v) is 13.0. The van der Waals surface area contributed by atoms with Crippen LogP contribution in [-0.2, 0) is 13.0 Å². The molecule has 22 heavy (non-hydrogen) atoms. The number of aryl methyl sites for hydroxylation is 2. The summed E-state index contributed by atoms with van der Waals surface area (Å²) in [7, 11) is 1.64. The van der Waals surface area contributed by atoms with E-state index in [9.17, 15) is 4.79 Å². The van der Waals surface area contributed by atoms with Gasteiger partial charge in [0.05, 0.1) is 13.2 Å². The third-order valence-corrected chi connectivity index (χ3v) is 4.11. The quantitative estimate of drug-likeness (QED) is 0.944. The molecule has 0 radical (unpaired) electrons. The second-order valence-electron chi connectivity index (χ2n) is 5.67. The molecule has 0 saturated carbocycles. The van der Waals surface area contributed by atoms with Crippen molar-refractivity contribution < 1.29 is 9.53 Å². The highest BCUT2D eigenvalue weighted by molar-refractivity contribution is 5.92. The first-order valence-corrected chi connectivity index (χ1v) is 7.69. The lowest BCUT2D eigenvalue weighted by Crippen LogP contribution is -2.27. The number of ether oxygens (including phenoxy) is 1. The maximum atomic E-state index is 12.4. The number of amides is 1. The lowest BCUT2D eigenvalue weighted by atomic mass is 10.1. The van der Waals surface area contributed by atoms with Crippen LogP contribution in [0.4, 0.5) is 0 Å². The zero-order valence-electron chi connectivity index (χ0n) is 13.0. The molecule has 2 aromatic rings. The number of rotatable bonds is 4. The van der Waals surface area contributed by atoms with E-state index in [0.29, 0.717) is 5.69 Å². The highest BCUT2D eigenvalue weighted by atomic mass is 16.5. The largest absolute Gasteiger partial charge is 0.497 e. The van der Waals surface area contributed by atoms with Crippen LogP contribution in [-0.4, -0.2) is 22.8 Å². The van der Waals surface area contributed by atoms with Gasteiger partial charge in [-0.2, -0.15) is 5.10 Å². The average molecular weight is 299 g/mol. The van der Waals surface area contributed by atoms with Crippen molar-refractivity contribution in [1.82, 2.24) is 15.1 Å². The fraction of sp³-hybridized carbons (Fsp3) is 0.412. The zero-order chi connectivity index (χ0) is 15.5. The first-order valence-electron chi connectivity index (χ1n) is 7.69. The molecule has 5 heteroatoms. The maximum Gasteiger partial charge on any atom is 0.272 e. The minimum absolute atomic E-state index is 0.0721. The van der Waals surface area contributed by atoms with Crippen molar-refractivity contribution in [2.45, 2.75) is 38.8 Å². The van der Waals surface area contributed by atoms with E-state index in [4.69, 9.17) is 4.74 Å². The minimum atomic E-state index is -0.120. The minimum Gasteiger partial charge on any atom is -0.497 e. The second-order valence-corrected chi connectivity index (χ2v) is 5.67. The Labute approximate surface area is 130 Å². The number of nitrogens with one attached hydrogen (secondary N) is 1. The van der Waals surface area contributed by atoms with Gasteiger partial charge in [0.15, 0.2) is 0 Å². The maximum absolute atomic E-state index is 12.4. The number of nitrogens with zero attached hydrogens (tertiary/aromatic N) is 2.